The first-order chi connectivity index (χ1) is 15.0. The molecule has 2 aromatic rings. The van der Waals surface area contributed by atoms with Crippen molar-refractivity contribution in [3.63, 3.8) is 0 Å². The van der Waals surface area contributed by atoms with E-state index in [9.17, 15) is 14.0 Å². The summed E-state index contributed by atoms with van der Waals surface area (Å²) in [5.74, 6) is 0.523. The zero-order chi connectivity index (χ0) is 21.8. The molecule has 7 heteroatoms. The summed E-state index contributed by atoms with van der Waals surface area (Å²) in [6.07, 6.45) is 8.91. The SMILES string of the molecule is Cc1ccc(C(=O)NCC2CCC([C@H](NC(=O)C3CCC3)c3nccs3)CC2)cc1F. The summed E-state index contributed by atoms with van der Waals surface area (Å²) in [6, 6.07) is 4.57. The van der Waals surface area contributed by atoms with Crippen molar-refractivity contribution < 1.29 is 14.0 Å². The molecule has 166 valence electrons. The number of carbonyl (C=O) groups excluding carboxylic acids is 2. The second-order valence-electron chi connectivity index (χ2n) is 8.94. The molecule has 2 aliphatic rings. The highest BCUT2D eigenvalue weighted by molar-refractivity contribution is 7.09. The minimum Gasteiger partial charge on any atom is -0.352 e. The molecule has 2 amide bonds. The van der Waals surface area contributed by atoms with E-state index in [-0.39, 0.29) is 29.6 Å². The number of hydrogen-bond acceptors (Lipinski definition) is 4. The maximum Gasteiger partial charge on any atom is 0.251 e. The topological polar surface area (TPSA) is 71.1 Å². The fourth-order valence-corrected chi connectivity index (χ4v) is 5.29. The van der Waals surface area contributed by atoms with Crippen LogP contribution in [0.1, 0.15) is 71.9 Å². The van der Waals surface area contributed by atoms with Gasteiger partial charge in [-0.15, -0.1) is 11.3 Å². The van der Waals surface area contributed by atoms with Gasteiger partial charge in [-0.3, -0.25) is 9.59 Å². The molecule has 1 heterocycles. The number of hydrogen-bond donors (Lipinski definition) is 2. The average Bonchev–Trinajstić information content (AvgIpc) is 3.26. The molecule has 1 aromatic heterocycles. The van der Waals surface area contributed by atoms with Crippen LogP contribution in [0, 0.1) is 30.5 Å². The second-order valence-corrected chi connectivity index (χ2v) is 9.87. The van der Waals surface area contributed by atoms with Gasteiger partial charge in [0.25, 0.3) is 5.91 Å². The zero-order valence-electron chi connectivity index (χ0n) is 17.9. The van der Waals surface area contributed by atoms with Gasteiger partial charge in [0.2, 0.25) is 5.91 Å². The molecule has 5 nitrogen and oxygen atoms in total. The van der Waals surface area contributed by atoms with Gasteiger partial charge in [-0.2, -0.15) is 0 Å². The van der Waals surface area contributed by atoms with E-state index in [2.05, 4.69) is 15.6 Å². The van der Waals surface area contributed by atoms with E-state index in [0.29, 0.717) is 29.5 Å². The van der Waals surface area contributed by atoms with Crippen molar-refractivity contribution in [2.75, 3.05) is 6.54 Å². The van der Waals surface area contributed by atoms with E-state index in [1.54, 1.807) is 36.6 Å². The van der Waals surface area contributed by atoms with Crippen LogP contribution in [0.3, 0.4) is 0 Å². The van der Waals surface area contributed by atoms with Gasteiger partial charge in [-0.05, 0) is 75.0 Å². The standard InChI is InChI=1S/C24H30FN3O2S/c1-15-5-8-19(13-20(15)25)22(29)27-14-16-6-9-17(10-7-16)21(24-26-11-12-31-24)28-23(30)18-3-2-4-18/h5,8,11-13,16-18,21H,2-4,6-7,9-10,14H2,1H3,(H,27,29)(H,28,30)/t16?,17?,21-/m0/s1. The van der Waals surface area contributed by atoms with Crippen molar-refractivity contribution in [3.05, 3.63) is 51.7 Å². The van der Waals surface area contributed by atoms with E-state index in [4.69, 9.17) is 0 Å². The van der Waals surface area contributed by atoms with Crippen molar-refractivity contribution in [2.45, 2.75) is 57.9 Å². The Morgan fingerprint density at radius 3 is 2.58 bits per heavy atom. The van der Waals surface area contributed by atoms with Gasteiger partial charge in [0.15, 0.2) is 0 Å². The summed E-state index contributed by atoms with van der Waals surface area (Å²) in [6.45, 7) is 2.28. The minimum absolute atomic E-state index is 0.0147. The predicted octanol–water partition coefficient (Wildman–Crippen LogP) is 4.78. The first-order valence-electron chi connectivity index (χ1n) is 11.3. The van der Waals surface area contributed by atoms with Crippen LogP contribution in [0.5, 0.6) is 0 Å². The number of carbonyl (C=O) groups is 2. The highest BCUT2D eigenvalue weighted by atomic mass is 32.1. The van der Waals surface area contributed by atoms with Crippen LogP contribution in [0.15, 0.2) is 29.8 Å². The van der Waals surface area contributed by atoms with Crippen LogP contribution >= 0.6 is 11.3 Å². The Bertz CT molecular complexity index is 906. The molecule has 31 heavy (non-hydrogen) atoms. The van der Waals surface area contributed by atoms with Crippen LogP contribution in [-0.4, -0.2) is 23.3 Å². The molecule has 0 bridgehead atoms. The Morgan fingerprint density at radius 2 is 1.97 bits per heavy atom. The van der Waals surface area contributed by atoms with Crippen LogP contribution < -0.4 is 10.6 Å². The zero-order valence-corrected chi connectivity index (χ0v) is 18.7. The van der Waals surface area contributed by atoms with E-state index < -0.39 is 0 Å². The highest BCUT2D eigenvalue weighted by Gasteiger charge is 2.34. The number of aryl methyl sites for hydroxylation is 1. The molecular formula is C24H30FN3O2S. The number of halogens is 1. The normalized spacial score (nSPS) is 22.4. The first kappa shape index (κ1) is 21.9. The fraction of sp³-hybridized carbons (Fsp3) is 0.542. The summed E-state index contributed by atoms with van der Waals surface area (Å²) in [4.78, 5) is 29.4. The van der Waals surface area contributed by atoms with Gasteiger partial charge >= 0.3 is 0 Å². The third-order valence-electron chi connectivity index (χ3n) is 6.84. The number of rotatable bonds is 7. The van der Waals surface area contributed by atoms with Gasteiger partial charge < -0.3 is 10.6 Å². The lowest BCUT2D eigenvalue weighted by Crippen LogP contribution is -2.41. The summed E-state index contributed by atoms with van der Waals surface area (Å²) >= 11 is 1.61. The molecule has 0 radical (unpaired) electrons. The molecule has 0 aliphatic heterocycles. The molecule has 2 N–H and O–H groups in total. The number of benzene rings is 1. The Labute approximate surface area is 186 Å². The average molecular weight is 444 g/mol. The maximum atomic E-state index is 13.7. The monoisotopic (exact) mass is 443 g/mol. The van der Waals surface area contributed by atoms with Gasteiger partial charge in [0.05, 0.1) is 6.04 Å². The molecular weight excluding hydrogens is 413 g/mol. The lowest BCUT2D eigenvalue weighted by atomic mass is 9.78. The molecule has 1 aromatic carbocycles. The largest absolute Gasteiger partial charge is 0.352 e. The summed E-state index contributed by atoms with van der Waals surface area (Å²) in [5.41, 5.74) is 0.897. The van der Waals surface area contributed by atoms with Gasteiger partial charge in [0, 0.05) is 29.6 Å². The van der Waals surface area contributed by atoms with Crippen molar-refractivity contribution in [2.24, 2.45) is 17.8 Å². The predicted molar refractivity (Wildman–Crippen MR) is 119 cm³/mol. The van der Waals surface area contributed by atoms with E-state index in [1.165, 1.54) is 6.07 Å². The van der Waals surface area contributed by atoms with Crippen LogP contribution in [0.4, 0.5) is 4.39 Å². The van der Waals surface area contributed by atoms with Crippen molar-refractivity contribution in [3.8, 4) is 0 Å². The van der Waals surface area contributed by atoms with Crippen molar-refractivity contribution >= 4 is 23.2 Å². The quantitative estimate of drug-likeness (QED) is 0.647. The molecule has 2 fully saturated rings. The summed E-state index contributed by atoms with van der Waals surface area (Å²) in [7, 11) is 0. The minimum atomic E-state index is -0.356. The number of nitrogens with one attached hydrogen (secondary N) is 2. The number of amides is 2. The van der Waals surface area contributed by atoms with Gasteiger partial charge in [-0.1, -0.05) is 12.5 Å². The van der Waals surface area contributed by atoms with Crippen molar-refractivity contribution in [1.82, 2.24) is 15.6 Å². The molecule has 0 spiro atoms. The Hall–Kier alpha value is -2.28. The molecule has 4 rings (SSSR count). The van der Waals surface area contributed by atoms with Crippen LogP contribution in [-0.2, 0) is 4.79 Å². The Kier molecular flexibility index (Phi) is 7.00. The molecule has 1 atom stereocenters. The molecule has 0 saturated heterocycles. The highest BCUT2D eigenvalue weighted by Crippen LogP contribution is 2.38. The number of nitrogens with zero attached hydrogens (tertiary/aromatic N) is 1. The second kappa shape index (κ2) is 9.90. The van der Waals surface area contributed by atoms with Crippen LogP contribution in [0.2, 0.25) is 0 Å². The lowest BCUT2D eigenvalue weighted by Gasteiger charge is -2.35. The lowest BCUT2D eigenvalue weighted by molar-refractivity contribution is -0.128. The third kappa shape index (κ3) is 5.32. The number of aromatic nitrogens is 1. The fourth-order valence-electron chi connectivity index (χ4n) is 4.51. The third-order valence-corrected chi connectivity index (χ3v) is 7.70. The smallest absolute Gasteiger partial charge is 0.251 e. The van der Waals surface area contributed by atoms with E-state index in [1.807, 2.05) is 5.38 Å². The van der Waals surface area contributed by atoms with Gasteiger partial charge in [0.1, 0.15) is 10.8 Å². The van der Waals surface area contributed by atoms with Crippen LogP contribution in [0.25, 0.3) is 0 Å². The summed E-state index contributed by atoms with van der Waals surface area (Å²) in [5, 5.41) is 9.21. The van der Waals surface area contributed by atoms with E-state index in [0.717, 1.165) is 50.0 Å². The first-order valence-corrected chi connectivity index (χ1v) is 12.1. The molecule has 0 unspecified atom stereocenters. The summed E-state index contributed by atoms with van der Waals surface area (Å²) < 4.78 is 13.7. The van der Waals surface area contributed by atoms with Crippen molar-refractivity contribution in [1.29, 1.82) is 0 Å². The molecule has 2 aliphatic carbocycles. The van der Waals surface area contributed by atoms with E-state index >= 15 is 0 Å². The molecule has 2 saturated carbocycles. The maximum absolute atomic E-state index is 13.7. The van der Waals surface area contributed by atoms with Gasteiger partial charge in [-0.25, -0.2) is 9.37 Å². The Morgan fingerprint density at radius 1 is 1.19 bits per heavy atom. The Balaban J connectivity index is 1.29. The number of thiazole rings is 1.